The SMILES string of the molecule is Cc1cc(N2CCn3nc(C(C)(C)C)cc3C2)cc(C)c1NC(=O)CC(C)(C)C. The molecule has 1 aliphatic heterocycles. The molecule has 0 unspecified atom stereocenters. The molecule has 0 atom stereocenters. The highest BCUT2D eigenvalue weighted by atomic mass is 16.1. The van der Waals surface area contributed by atoms with Gasteiger partial charge in [-0.05, 0) is 48.6 Å². The van der Waals surface area contributed by atoms with E-state index in [1.807, 2.05) is 0 Å². The van der Waals surface area contributed by atoms with Crippen LogP contribution in [0.4, 0.5) is 11.4 Å². The Labute approximate surface area is 175 Å². The maximum absolute atomic E-state index is 12.4. The van der Waals surface area contributed by atoms with Crippen molar-refractivity contribution in [3.8, 4) is 0 Å². The van der Waals surface area contributed by atoms with Gasteiger partial charge in [-0.2, -0.15) is 5.10 Å². The fraction of sp³-hybridized carbons (Fsp3) is 0.583. The molecule has 0 fully saturated rings. The zero-order valence-corrected chi connectivity index (χ0v) is 19.3. The molecule has 5 heteroatoms. The molecule has 0 saturated carbocycles. The van der Waals surface area contributed by atoms with E-state index in [1.165, 1.54) is 11.4 Å². The number of rotatable bonds is 3. The summed E-state index contributed by atoms with van der Waals surface area (Å²) in [4.78, 5) is 14.8. The monoisotopic (exact) mass is 396 g/mol. The van der Waals surface area contributed by atoms with Gasteiger partial charge < -0.3 is 10.2 Å². The Morgan fingerprint density at radius 3 is 2.21 bits per heavy atom. The minimum Gasteiger partial charge on any atom is -0.364 e. The molecule has 0 aliphatic carbocycles. The molecule has 29 heavy (non-hydrogen) atoms. The van der Waals surface area contributed by atoms with E-state index in [4.69, 9.17) is 5.10 Å². The van der Waals surface area contributed by atoms with Crippen molar-refractivity contribution in [2.24, 2.45) is 5.41 Å². The number of aromatic nitrogens is 2. The number of benzene rings is 1. The highest BCUT2D eigenvalue weighted by molar-refractivity contribution is 5.93. The number of nitrogens with zero attached hydrogens (tertiary/aromatic N) is 3. The van der Waals surface area contributed by atoms with E-state index in [0.717, 1.165) is 42.1 Å². The number of amides is 1. The van der Waals surface area contributed by atoms with Crippen molar-refractivity contribution in [3.05, 3.63) is 40.7 Å². The highest BCUT2D eigenvalue weighted by Crippen LogP contribution is 2.31. The molecule has 158 valence electrons. The van der Waals surface area contributed by atoms with Crippen LogP contribution in [0.25, 0.3) is 0 Å². The Balaban J connectivity index is 1.79. The van der Waals surface area contributed by atoms with Crippen LogP contribution >= 0.6 is 0 Å². The zero-order valence-electron chi connectivity index (χ0n) is 19.3. The van der Waals surface area contributed by atoms with Crippen LogP contribution in [0, 0.1) is 19.3 Å². The van der Waals surface area contributed by atoms with E-state index in [-0.39, 0.29) is 16.7 Å². The molecular formula is C24H36N4O. The Morgan fingerprint density at radius 2 is 1.66 bits per heavy atom. The van der Waals surface area contributed by atoms with Crippen LogP contribution in [0.15, 0.2) is 18.2 Å². The van der Waals surface area contributed by atoms with Gasteiger partial charge in [-0.3, -0.25) is 9.48 Å². The Hall–Kier alpha value is -2.30. The van der Waals surface area contributed by atoms with Gasteiger partial charge in [0.2, 0.25) is 5.91 Å². The van der Waals surface area contributed by atoms with Gasteiger partial charge in [-0.1, -0.05) is 41.5 Å². The summed E-state index contributed by atoms with van der Waals surface area (Å²) in [5.41, 5.74) is 6.83. The van der Waals surface area contributed by atoms with Gasteiger partial charge in [-0.25, -0.2) is 0 Å². The summed E-state index contributed by atoms with van der Waals surface area (Å²) < 4.78 is 2.15. The lowest BCUT2D eigenvalue weighted by molar-refractivity contribution is -0.117. The average Bonchev–Trinajstić information content (AvgIpc) is 3.00. The molecular weight excluding hydrogens is 360 g/mol. The van der Waals surface area contributed by atoms with Crippen LogP contribution in [-0.2, 0) is 23.3 Å². The minimum atomic E-state index is -0.0194. The van der Waals surface area contributed by atoms with Crippen molar-refractivity contribution in [2.45, 2.75) is 80.3 Å². The van der Waals surface area contributed by atoms with E-state index in [1.54, 1.807) is 0 Å². The zero-order chi connectivity index (χ0) is 21.6. The van der Waals surface area contributed by atoms with Crippen LogP contribution in [0.1, 0.15) is 70.5 Å². The van der Waals surface area contributed by atoms with Gasteiger partial charge in [0.1, 0.15) is 0 Å². The molecule has 5 nitrogen and oxygen atoms in total. The van der Waals surface area contributed by atoms with E-state index in [9.17, 15) is 4.79 Å². The number of anilines is 2. The molecule has 0 bridgehead atoms. The number of fused-ring (bicyclic) bond motifs is 1. The van der Waals surface area contributed by atoms with Crippen molar-refractivity contribution in [2.75, 3.05) is 16.8 Å². The van der Waals surface area contributed by atoms with Crippen LogP contribution < -0.4 is 10.2 Å². The maximum Gasteiger partial charge on any atom is 0.224 e. The summed E-state index contributed by atoms with van der Waals surface area (Å²) in [6.45, 7) is 19.7. The fourth-order valence-electron chi connectivity index (χ4n) is 3.84. The first-order valence-corrected chi connectivity index (χ1v) is 10.6. The summed E-state index contributed by atoms with van der Waals surface area (Å²) >= 11 is 0. The predicted octanol–water partition coefficient (Wildman–Crippen LogP) is 5.19. The summed E-state index contributed by atoms with van der Waals surface area (Å²) in [5, 5.41) is 7.93. The predicted molar refractivity (Wildman–Crippen MR) is 121 cm³/mol. The topological polar surface area (TPSA) is 50.2 Å². The lowest BCUT2D eigenvalue weighted by atomic mass is 9.92. The van der Waals surface area contributed by atoms with E-state index >= 15 is 0 Å². The third kappa shape index (κ3) is 5.01. The van der Waals surface area contributed by atoms with E-state index < -0.39 is 0 Å². The lowest BCUT2D eigenvalue weighted by Crippen LogP contribution is -2.34. The van der Waals surface area contributed by atoms with Crippen LogP contribution in [0.5, 0.6) is 0 Å². The molecule has 0 saturated heterocycles. The maximum atomic E-state index is 12.4. The number of nitrogens with one attached hydrogen (secondary N) is 1. The Morgan fingerprint density at radius 1 is 1.03 bits per heavy atom. The molecule has 1 aromatic carbocycles. The van der Waals surface area contributed by atoms with E-state index in [0.29, 0.717) is 6.42 Å². The van der Waals surface area contributed by atoms with Crippen LogP contribution in [0.2, 0.25) is 0 Å². The molecule has 1 N–H and O–H groups in total. The number of carbonyl (C=O) groups is 1. The molecule has 1 amide bonds. The van der Waals surface area contributed by atoms with Crippen molar-refractivity contribution in [3.63, 3.8) is 0 Å². The molecule has 3 rings (SSSR count). The molecule has 2 aromatic rings. The quantitative estimate of drug-likeness (QED) is 0.776. The third-order valence-electron chi connectivity index (χ3n) is 5.40. The standard InChI is InChI=1S/C24H36N4O/c1-16-11-18(12-17(2)22(16)25-21(29)14-23(3,4)5)27-9-10-28-19(15-27)13-20(26-28)24(6,7)8/h11-13H,9-10,14-15H2,1-8H3,(H,25,29). The van der Waals surface area contributed by atoms with Crippen molar-refractivity contribution >= 4 is 17.3 Å². The van der Waals surface area contributed by atoms with Gasteiger partial charge in [0.15, 0.2) is 0 Å². The van der Waals surface area contributed by atoms with Gasteiger partial charge >= 0.3 is 0 Å². The normalized spacial score (nSPS) is 14.7. The highest BCUT2D eigenvalue weighted by Gasteiger charge is 2.24. The van der Waals surface area contributed by atoms with Crippen molar-refractivity contribution in [1.82, 2.24) is 9.78 Å². The van der Waals surface area contributed by atoms with Gasteiger partial charge in [0.05, 0.1) is 24.5 Å². The third-order valence-corrected chi connectivity index (χ3v) is 5.40. The minimum absolute atomic E-state index is 0.0194. The van der Waals surface area contributed by atoms with Gasteiger partial charge in [0, 0.05) is 29.8 Å². The van der Waals surface area contributed by atoms with Crippen LogP contribution in [-0.4, -0.2) is 22.2 Å². The first kappa shape index (κ1) is 21.4. The first-order valence-electron chi connectivity index (χ1n) is 10.6. The Bertz CT molecular complexity index is 889. The number of aryl methyl sites for hydroxylation is 2. The second-order valence-corrected chi connectivity index (χ2v) is 10.7. The van der Waals surface area contributed by atoms with Crippen molar-refractivity contribution < 1.29 is 4.79 Å². The average molecular weight is 397 g/mol. The molecule has 1 aliphatic rings. The number of carbonyl (C=O) groups excluding carboxylic acids is 1. The number of hydrogen-bond acceptors (Lipinski definition) is 3. The fourth-order valence-corrected chi connectivity index (χ4v) is 3.84. The molecule has 0 spiro atoms. The molecule has 2 heterocycles. The number of hydrogen-bond donors (Lipinski definition) is 1. The lowest BCUT2D eigenvalue weighted by Gasteiger charge is -2.30. The Kier molecular flexibility index (Phi) is 5.54. The summed E-state index contributed by atoms with van der Waals surface area (Å²) in [6, 6.07) is 6.62. The second-order valence-electron chi connectivity index (χ2n) is 10.7. The largest absolute Gasteiger partial charge is 0.364 e. The summed E-state index contributed by atoms with van der Waals surface area (Å²) in [7, 11) is 0. The van der Waals surface area contributed by atoms with Gasteiger partial charge in [-0.15, -0.1) is 0 Å². The molecule has 0 radical (unpaired) electrons. The second kappa shape index (κ2) is 7.51. The van der Waals surface area contributed by atoms with Gasteiger partial charge in [0.25, 0.3) is 0 Å². The smallest absolute Gasteiger partial charge is 0.224 e. The summed E-state index contributed by atoms with van der Waals surface area (Å²) in [5.74, 6) is 0.0769. The van der Waals surface area contributed by atoms with Crippen LogP contribution in [0.3, 0.4) is 0 Å². The van der Waals surface area contributed by atoms with E-state index in [2.05, 4.69) is 88.5 Å². The molecule has 1 aromatic heterocycles. The van der Waals surface area contributed by atoms with Crippen molar-refractivity contribution in [1.29, 1.82) is 0 Å². The summed E-state index contributed by atoms with van der Waals surface area (Å²) in [6.07, 6.45) is 0.514. The first-order chi connectivity index (χ1) is 13.3.